The summed E-state index contributed by atoms with van der Waals surface area (Å²) in [6, 6.07) is 5.05. The molecule has 80 valence electrons. The first kappa shape index (κ1) is 10.2. The smallest absolute Gasteiger partial charge is 0.159 e. The number of nitrogens with zero attached hydrogens (tertiary/aromatic N) is 1. The number of hydrogen-bond donors (Lipinski definition) is 1. The minimum atomic E-state index is 0.0415. The first-order chi connectivity index (χ1) is 7.16. The zero-order valence-electron chi connectivity index (χ0n) is 8.86. The van der Waals surface area contributed by atoms with E-state index in [1.54, 1.807) is 25.1 Å². The zero-order valence-corrected chi connectivity index (χ0v) is 8.86. The van der Waals surface area contributed by atoms with Crippen molar-refractivity contribution in [2.24, 2.45) is 0 Å². The van der Waals surface area contributed by atoms with E-state index in [1.165, 1.54) is 6.42 Å². The summed E-state index contributed by atoms with van der Waals surface area (Å²) in [5.41, 5.74) is 1.52. The standard InChI is InChI=1S/C12H15NO2/c1-9(14)10-3-4-12(15)11(7-10)8-13-5-2-6-13/h3-4,7,15H,2,5-6,8H2,1H3. The first-order valence-corrected chi connectivity index (χ1v) is 5.22. The third kappa shape index (κ3) is 2.18. The van der Waals surface area contributed by atoms with Crippen LogP contribution in [0.3, 0.4) is 0 Å². The van der Waals surface area contributed by atoms with Gasteiger partial charge in [-0.2, -0.15) is 0 Å². The van der Waals surface area contributed by atoms with Gasteiger partial charge in [0.2, 0.25) is 0 Å². The van der Waals surface area contributed by atoms with Crippen LogP contribution in [0.5, 0.6) is 5.75 Å². The highest BCUT2D eigenvalue weighted by Gasteiger charge is 2.16. The molecule has 0 atom stereocenters. The number of rotatable bonds is 3. The molecular weight excluding hydrogens is 190 g/mol. The van der Waals surface area contributed by atoms with Crippen molar-refractivity contribution in [3.05, 3.63) is 29.3 Å². The van der Waals surface area contributed by atoms with Gasteiger partial charge < -0.3 is 5.11 Å². The van der Waals surface area contributed by atoms with Gasteiger partial charge >= 0.3 is 0 Å². The van der Waals surface area contributed by atoms with E-state index in [4.69, 9.17) is 0 Å². The minimum Gasteiger partial charge on any atom is -0.508 e. The third-order valence-electron chi connectivity index (χ3n) is 2.83. The molecule has 1 aromatic rings. The lowest BCUT2D eigenvalue weighted by molar-refractivity contribution is 0.101. The van der Waals surface area contributed by atoms with Gasteiger partial charge in [0.25, 0.3) is 0 Å². The molecule has 3 heteroatoms. The normalized spacial score (nSPS) is 16.1. The molecule has 1 saturated heterocycles. The Kier molecular flexibility index (Phi) is 2.73. The topological polar surface area (TPSA) is 40.5 Å². The second-order valence-corrected chi connectivity index (χ2v) is 4.03. The highest BCUT2D eigenvalue weighted by Crippen LogP contribution is 2.22. The maximum atomic E-state index is 11.2. The van der Waals surface area contributed by atoms with Gasteiger partial charge in [0.15, 0.2) is 5.78 Å². The van der Waals surface area contributed by atoms with E-state index in [0.29, 0.717) is 5.56 Å². The molecule has 1 aliphatic rings. The van der Waals surface area contributed by atoms with Crippen LogP contribution in [0.15, 0.2) is 18.2 Å². The van der Waals surface area contributed by atoms with E-state index < -0.39 is 0 Å². The Hall–Kier alpha value is -1.35. The fourth-order valence-electron chi connectivity index (χ4n) is 1.71. The van der Waals surface area contributed by atoms with E-state index in [2.05, 4.69) is 4.90 Å². The lowest BCUT2D eigenvalue weighted by Gasteiger charge is -2.30. The Morgan fingerprint density at radius 2 is 2.20 bits per heavy atom. The van der Waals surface area contributed by atoms with Crippen molar-refractivity contribution in [3.63, 3.8) is 0 Å². The van der Waals surface area contributed by atoms with Gasteiger partial charge in [0.05, 0.1) is 0 Å². The van der Waals surface area contributed by atoms with Crippen LogP contribution in [-0.2, 0) is 6.54 Å². The lowest BCUT2D eigenvalue weighted by Crippen LogP contribution is -2.36. The third-order valence-corrected chi connectivity index (χ3v) is 2.83. The van der Waals surface area contributed by atoms with Gasteiger partial charge in [0, 0.05) is 17.7 Å². The van der Waals surface area contributed by atoms with Crippen molar-refractivity contribution < 1.29 is 9.90 Å². The van der Waals surface area contributed by atoms with E-state index in [1.807, 2.05) is 0 Å². The molecule has 0 unspecified atom stereocenters. The highest BCUT2D eigenvalue weighted by atomic mass is 16.3. The molecule has 3 nitrogen and oxygen atoms in total. The van der Waals surface area contributed by atoms with Crippen molar-refractivity contribution in [2.45, 2.75) is 19.9 Å². The van der Waals surface area contributed by atoms with Crippen LogP contribution in [0.1, 0.15) is 29.3 Å². The molecule has 0 amide bonds. The summed E-state index contributed by atoms with van der Waals surface area (Å²) in [4.78, 5) is 13.4. The van der Waals surface area contributed by atoms with Gasteiger partial charge in [-0.05, 0) is 44.6 Å². The Bertz CT molecular complexity index is 383. The van der Waals surface area contributed by atoms with Crippen LogP contribution in [0, 0.1) is 0 Å². The van der Waals surface area contributed by atoms with E-state index >= 15 is 0 Å². The van der Waals surface area contributed by atoms with Crippen molar-refractivity contribution in [2.75, 3.05) is 13.1 Å². The predicted octanol–water partition coefficient (Wildman–Crippen LogP) is 1.80. The number of Topliss-reactive ketones (excluding diaryl/α,β-unsaturated/α-hetero) is 1. The summed E-state index contributed by atoms with van der Waals surface area (Å²) in [5.74, 6) is 0.326. The summed E-state index contributed by atoms with van der Waals surface area (Å²) in [6.45, 7) is 4.46. The first-order valence-electron chi connectivity index (χ1n) is 5.22. The number of ketones is 1. The number of carbonyl (C=O) groups excluding carboxylic acids is 1. The monoisotopic (exact) mass is 205 g/mol. The molecule has 0 aliphatic carbocycles. The highest BCUT2D eigenvalue weighted by molar-refractivity contribution is 5.94. The number of benzene rings is 1. The SMILES string of the molecule is CC(=O)c1ccc(O)c(CN2CCC2)c1. The van der Waals surface area contributed by atoms with Crippen molar-refractivity contribution in [3.8, 4) is 5.75 Å². The van der Waals surface area contributed by atoms with Gasteiger partial charge in [-0.3, -0.25) is 9.69 Å². The molecule has 15 heavy (non-hydrogen) atoms. The van der Waals surface area contributed by atoms with Crippen LogP contribution in [0.25, 0.3) is 0 Å². The van der Waals surface area contributed by atoms with Crippen molar-refractivity contribution >= 4 is 5.78 Å². The van der Waals surface area contributed by atoms with Gasteiger partial charge in [0.1, 0.15) is 5.75 Å². The molecule has 0 aromatic heterocycles. The molecule has 1 aromatic carbocycles. The van der Waals surface area contributed by atoms with Crippen molar-refractivity contribution in [1.82, 2.24) is 4.90 Å². The quantitative estimate of drug-likeness (QED) is 0.765. The number of likely N-dealkylation sites (tertiary alicyclic amines) is 1. The van der Waals surface area contributed by atoms with Crippen LogP contribution >= 0.6 is 0 Å². The van der Waals surface area contributed by atoms with E-state index in [-0.39, 0.29) is 11.5 Å². The molecule has 0 radical (unpaired) electrons. The summed E-state index contributed by atoms with van der Waals surface area (Å²) in [6.07, 6.45) is 1.23. The molecule has 1 fully saturated rings. The minimum absolute atomic E-state index is 0.0415. The molecule has 0 saturated carbocycles. The lowest BCUT2D eigenvalue weighted by atomic mass is 10.1. The molecule has 1 heterocycles. The number of phenols is 1. The van der Waals surface area contributed by atoms with Crippen molar-refractivity contribution in [1.29, 1.82) is 0 Å². The van der Waals surface area contributed by atoms with Gasteiger partial charge in [-0.15, -0.1) is 0 Å². The number of aromatic hydroxyl groups is 1. The van der Waals surface area contributed by atoms with Crippen LogP contribution in [-0.4, -0.2) is 28.9 Å². The molecule has 2 rings (SSSR count). The zero-order chi connectivity index (χ0) is 10.8. The average Bonchev–Trinajstić information content (AvgIpc) is 2.13. The molecule has 1 aliphatic heterocycles. The number of carbonyl (C=O) groups is 1. The van der Waals surface area contributed by atoms with Gasteiger partial charge in [-0.25, -0.2) is 0 Å². The number of phenolic OH excluding ortho intramolecular Hbond substituents is 1. The molecular formula is C12H15NO2. The largest absolute Gasteiger partial charge is 0.508 e. The Morgan fingerprint density at radius 3 is 2.73 bits per heavy atom. The molecule has 0 spiro atoms. The summed E-state index contributed by atoms with van der Waals surface area (Å²) < 4.78 is 0. The van der Waals surface area contributed by atoms with E-state index in [9.17, 15) is 9.90 Å². The Balaban J connectivity index is 2.19. The average molecular weight is 205 g/mol. The predicted molar refractivity (Wildman–Crippen MR) is 58.0 cm³/mol. The Labute approximate surface area is 89.3 Å². The second-order valence-electron chi connectivity index (χ2n) is 4.03. The van der Waals surface area contributed by atoms with Crippen LogP contribution in [0.2, 0.25) is 0 Å². The fraction of sp³-hybridized carbons (Fsp3) is 0.417. The number of hydrogen-bond acceptors (Lipinski definition) is 3. The summed E-state index contributed by atoms with van der Waals surface area (Å²) in [7, 11) is 0. The van der Waals surface area contributed by atoms with E-state index in [0.717, 1.165) is 25.2 Å². The van der Waals surface area contributed by atoms with Gasteiger partial charge in [-0.1, -0.05) is 0 Å². The van der Waals surface area contributed by atoms with Crippen LogP contribution in [0.4, 0.5) is 0 Å². The molecule has 0 bridgehead atoms. The summed E-state index contributed by atoms with van der Waals surface area (Å²) >= 11 is 0. The maximum absolute atomic E-state index is 11.2. The second kappa shape index (κ2) is 4.03. The van der Waals surface area contributed by atoms with Crippen LogP contribution < -0.4 is 0 Å². The Morgan fingerprint density at radius 1 is 1.47 bits per heavy atom. The summed E-state index contributed by atoms with van der Waals surface area (Å²) in [5, 5.41) is 9.65. The fourth-order valence-corrected chi connectivity index (χ4v) is 1.71. The molecule has 1 N–H and O–H groups in total. The maximum Gasteiger partial charge on any atom is 0.159 e.